The third-order valence-electron chi connectivity index (χ3n) is 4.34. The molecule has 0 amide bonds. The van der Waals surface area contributed by atoms with Gasteiger partial charge in [-0.15, -0.1) is 0 Å². The highest BCUT2D eigenvalue weighted by Crippen LogP contribution is 2.23. The molecule has 0 N–H and O–H groups in total. The highest BCUT2D eigenvalue weighted by atomic mass is 16.1. The molecule has 0 saturated carbocycles. The Labute approximate surface area is 144 Å². The molecule has 0 aromatic heterocycles. The molecular formula is C22H23NO. The van der Waals surface area contributed by atoms with Crippen molar-refractivity contribution in [1.29, 1.82) is 0 Å². The number of hydrogen-bond donors (Lipinski definition) is 0. The molecule has 0 bridgehead atoms. The Morgan fingerprint density at radius 2 is 1.21 bits per heavy atom. The van der Waals surface area contributed by atoms with Crippen LogP contribution >= 0.6 is 0 Å². The van der Waals surface area contributed by atoms with Crippen LogP contribution in [0.1, 0.15) is 25.0 Å². The van der Waals surface area contributed by atoms with Crippen LogP contribution in [0.4, 0.5) is 0 Å². The van der Waals surface area contributed by atoms with Crippen LogP contribution in [0.3, 0.4) is 0 Å². The van der Waals surface area contributed by atoms with Crippen LogP contribution in [0.2, 0.25) is 0 Å². The second-order valence-corrected chi connectivity index (χ2v) is 6.49. The predicted molar refractivity (Wildman–Crippen MR) is 101 cm³/mol. The molecule has 1 aliphatic heterocycles. The molecule has 122 valence electrons. The summed E-state index contributed by atoms with van der Waals surface area (Å²) in [7, 11) is 0. The Bertz CT molecular complexity index is 696. The van der Waals surface area contributed by atoms with Crippen LogP contribution in [0.15, 0.2) is 71.8 Å². The Kier molecular flexibility index (Phi) is 5.07. The van der Waals surface area contributed by atoms with E-state index >= 15 is 0 Å². The molecule has 1 saturated heterocycles. The summed E-state index contributed by atoms with van der Waals surface area (Å²) in [4.78, 5) is 15.3. The van der Waals surface area contributed by atoms with E-state index in [1.165, 1.54) is 0 Å². The minimum absolute atomic E-state index is 0.166. The van der Waals surface area contributed by atoms with E-state index in [2.05, 4.69) is 18.7 Å². The van der Waals surface area contributed by atoms with Crippen molar-refractivity contribution in [3.63, 3.8) is 0 Å². The molecule has 0 radical (unpaired) electrons. The maximum absolute atomic E-state index is 12.9. The van der Waals surface area contributed by atoms with Crippen LogP contribution in [0.25, 0.3) is 12.2 Å². The first-order chi connectivity index (χ1) is 11.6. The van der Waals surface area contributed by atoms with E-state index in [9.17, 15) is 4.79 Å². The van der Waals surface area contributed by atoms with Gasteiger partial charge >= 0.3 is 0 Å². The topological polar surface area (TPSA) is 20.3 Å². The van der Waals surface area contributed by atoms with Crippen molar-refractivity contribution in [1.82, 2.24) is 4.90 Å². The van der Waals surface area contributed by atoms with E-state index in [1.54, 1.807) is 0 Å². The summed E-state index contributed by atoms with van der Waals surface area (Å²) in [5.41, 5.74) is 3.88. The second-order valence-electron chi connectivity index (χ2n) is 6.49. The zero-order valence-corrected chi connectivity index (χ0v) is 14.3. The molecule has 2 heteroatoms. The lowest BCUT2D eigenvalue weighted by atomic mass is 9.93. The number of rotatable bonds is 3. The number of carbonyl (C=O) groups excluding carboxylic acids is 1. The highest BCUT2D eigenvalue weighted by molar-refractivity contribution is 6.14. The van der Waals surface area contributed by atoms with Gasteiger partial charge in [0.2, 0.25) is 0 Å². The number of piperidine rings is 1. The standard InChI is InChI=1S/C22H23NO/c1-17(2)23-15-20(13-18-9-5-3-6-10-18)22(24)21(16-23)14-19-11-7-4-8-12-19/h3-14,17H,15-16H2,1-2H3/b20-13-,21-14-. The Morgan fingerprint density at radius 3 is 1.58 bits per heavy atom. The van der Waals surface area contributed by atoms with Gasteiger partial charge in [0.25, 0.3) is 0 Å². The van der Waals surface area contributed by atoms with Gasteiger partial charge in [-0.2, -0.15) is 0 Å². The maximum Gasteiger partial charge on any atom is 0.187 e. The Morgan fingerprint density at radius 1 is 0.792 bits per heavy atom. The lowest BCUT2D eigenvalue weighted by molar-refractivity contribution is -0.113. The fourth-order valence-corrected chi connectivity index (χ4v) is 2.93. The molecule has 0 aliphatic carbocycles. The summed E-state index contributed by atoms with van der Waals surface area (Å²) >= 11 is 0. The summed E-state index contributed by atoms with van der Waals surface area (Å²) in [6.45, 7) is 5.77. The van der Waals surface area contributed by atoms with Gasteiger partial charge in [0.05, 0.1) is 0 Å². The molecule has 2 aromatic rings. The maximum atomic E-state index is 12.9. The molecule has 0 atom stereocenters. The molecule has 0 spiro atoms. The van der Waals surface area contributed by atoms with Gasteiger partial charge < -0.3 is 0 Å². The number of likely N-dealkylation sites (tertiary alicyclic amines) is 1. The number of nitrogens with zero attached hydrogens (tertiary/aromatic N) is 1. The highest BCUT2D eigenvalue weighted by Gasteiger charge is 2.27. The van der Waals surface area contributed by atoms with Crippen LogP contribution in [0.5, 0.6) is 0 Å². The summed E-state index contributed by atoms with van der Waals surface area (Å²) < 4.78 is 0. The van der Waals surface area contributed by atoms with Crippen molar-refractivity contribution in [2.24, 2.45) is 0 Å². The fourth-order valence-electron chi connectivity index (χ4n) is 2.93. The Hall–Kier alpha value is -2.45. The average Bonchev–Trinajstić information content (AvgIpc) is 2.60. The third kappa shape index (κ3) is 3.90. The summed E-state index contributed by atoms with van der Waals surface area (Å²) in [6.07, 6.45) is 4.05. The number of benzene rings is 2. The first-order valence-corrected chi connectivity index (χ1v) is 8.43. The average molecular weight is 317 g/mol. The molecule has 1 aliphatic rings. The number of hydrogen-bond acceptors (Lipinski definition) is 2. The number of carbonyl (C=O) groups is 1. The first-order valence-electron chi connectivity index (χ1n) is 8.43. The van der Waals surface area contributed by atoms with Crippen molar-refractivity contribution in [2.75, 3.05) is 13.1 Å². The lowest BCUT2D eigenvalue weighted by Crippen LogP contribution is -2.41. The van der Waals surface area contributed by atoms with E-state index in [0.717, 1.165) is 22.3 Å². The van der Waals surface area contributed by atoms with E-state index < -0.39 is 0 Å². The summed E-state index contributed by atoms with van der Waals surface area (Å²) in [6, 6.07) is 20.5. The van der Waals surface area contributed by atoms with Gasteiger partial charge in [-0.1, -0.05) is 60.7 Å². The first kappa shape index (κ1) is 16.4. The number of Topliss-reactive ketones (excluding diaryl/α,β-unsaturated/α-hetero) is 1. The van der Waals surface area contributed by atoms with Gasteiger partial charge in [0.1, 0.15) is 0 Å². The molecular weight excluding hydrogens is 294 g/mol. The lowest BCUT2D eigenvalue weighted by Gasteiger charge is -2.32. The molecule has 2 nitrogen and oxygen atoms in total. The van der Waals surface area contributed by atoms with Crippen LogP contribution in [-0.2, 0) is 4.79 Å². The third-order valence-corrected chi connectivity index (χ3v) is 4.34. The zero-order chi connectivity index (χ0) is 16.9. The van der Waals surface area contributed by atoms with Gasteiger partial charge in [-0.25, -0.2) is 0 Å². The Balaban J connectivity index is 1.96. The summed E-state index contributed by atoms with van der Waals surface area (Å²) in [5.74, 6) is 0.166. The van der Waals surface area contributed by atoms with E-state index in [0.29, 0.717) is 19.1 Å². The smallest absolute Gasteiger partial charge is 0.187 e. The van der Waals surface area contributed by atoms with E-state index in [4.69, 9.17) is 0 Å². The predicted octanol–water partition coefficient (Wildman–Crippen LogP) is 4.45. The molecule has 1 fully saturated rings. The largest absolute Gasteiger partial charge is 0.292 e. The van der Waals surface area contributed by atoms with Crippen molar-refractivity contribution in [3.05, 3.63) is 82.9 Å². The van der Waals surface area contributed by atoms with Gasteiger partial charge in [-0.05, 0) is 37.1 Å². The van der Waals surface area contributed by atoms with Crippen molar-refractivity contribution >= 4 is 17.9 Å². The van der Waals surface area contributed by atoms with Crippen LogP contribution < -0.4 is 0 Å². The van der Waals surface area contributed by atoms with Gasteiger partial charge in [-0.3, -0.25) is 9.69 Å². The van der Waals surface area contributed by atoms with Crippen molar-refractivity contribution < 1.29 is 4.79 Å². The monoisotopic (exact) mass is 317 g/mol. The van der Waals surface area contributed by atoms with Gasteiger partial charge in [0.15, 0.2) is 5.78 Å². The molecule has 1 heterocycles. The zero-order valence-electron chi connectivity index (χ0n) is 14.3. The second kappa shape index (κ2) is 7.41. The number of ketones is 1. The minimum atomic E-state index is 0.166. The summed E-state index contributed by atoms with van der Waals surface area (Å²) in [5, 5.41) is 0. The van der Waals surface area contributed by atoms with Gasteiger partial charge in [0, 0.05) is 30.3 Å². The molecule has 24 heavy (non-hydrogen) atoms. The van der Waals surface area contributed by atoms with Crippen LogP contribution in [0, 0.1) is 0 Å². The van der Waals surface area contributed by atoms with E-state index in [-0.39, 0.29) is 5.78 Å². The quantitative estimate of drug-likeness (QED) is 0.780. The van der Waals surface area contributed by atoms with Crippen molar-refractivity contribution in [2.45, 2.75) is 19.9 Å². The van der Waals surface area contributed by atoms with E-state index in [1.807, 2.05) is 72.8 Å². The normalized spacial score (nSPS) is 19.4. The fraction of sp³-hybridized carbons (Fsp3) is 0.227. The minimum Gasteiger partial charge on any atom is -0.292 e. The SMILES string of the molecule is CC(C)N1C/C(=C/c2ccccc2)C(=O)/C(=C\c2ccccc2)C1. The molecule has 3 rings (SSSR count). The van der Waals surface area contributed by atoms with Crippen molar-refractivity contribution in [3.8, 4) is 0 Å². The molecule has 2 aromatic carbocycles. The van der Waals surface area contributed by atoms with Crippen LogP contribution in [-0.4, -0.2) is 29.8 Å². The molecule has 0 unspecified atom stereocenters.